The summed E-state index contributed by atoms with van der Waals surface area (Å²) in [6.07, 6.45) is 2.15. The summed E-state index contributed by atoms with van der Waals surface area (Å²) in [6, 6.07) is 18.6. The van der Waals surface area contributed by atoms with Gasteiger partial charge in [-0.3, -0.25) is 0 Å². The average molecular weight is 555 g/mol. The van der Waals surface area contributed by atoms with Gasteiger partial charge in [-0.15, -0.1) is 0 Å². The van der Waals surface area contributed by atoms with E-state index in [4.69, 9.17) is 42.6 Å². The number of hydrogen-bond acceptors (Lipinski definition) is 0. The van der Waals surface area contributed by atoms with Crippen LogP contribution in [-0.4, -0.2) is 13.2 Å². The van der Waals surface area contributed by atoms with Crippen molar-refractivity contribution in [2.75, 3.05) is 0 Å². The van der Waals surface area contributed by atoms with Crippen LogP contribution in [-0.2, 0) is 25.0 Å². The zero-order chi connectivity index (χ0) is 20.8. The second-order valence-electron chi connectivity index (χ2n) is 6.54. The minimum atomic E-state index is -3.58. The molecule has 7 heteroatoms. The molecule has 0 spiro atoms. The monoisotopic (exact) mass is 554 g/mol. The van der Waals surface area contributed by atoms with Crippen molar-refractivity contribution in [2.24, 2.45) is 0 Å². The number of benzene rings is 2. The first-order valence-electron chi connectivity index (χ1n) is 9.26. The van der Waals surface area contributed by atoms with E-state index in [2.05, 4.69) is 30.3 Å². The number of imidazole rings is 1. The molecule has 29 heavy (non-hydrogen) atoms. The molecule has 0 saturated heterocycles. The average Bonchev–Trinajstić information content (AvgIpc) is 3.25. The molecule has 0 atom stereocenters. The molecule has 0 saturated carbocycles. The van der Waals surface area contributed by atoms with Crippen LogP contribution < -0.4 is 0 Å². The summed E-state index contributed by atoms with van der Waals surface area (Å²) in [5, 5.41) is 0.966. The van der Waals surface area contributed by atoms with Crippen molar-refractivity contribution >= 4 is 52.3 Å². The molecule has 3 aromatic rings. The van der Waals surface area contributed by atoms with Gasteiger partial charge in [-0.05, 0) is 0 Å². The molecule has 1 aliphatic carbocycles. The van der Waals surface area contributed by atoms with Gasteiger partial charge in [0.2, 0.25) is 0 Å². The third kappa shape index (κ3) is 3.46. The van der Waals surface area contributed by atoms with Gasteiger partial charge in [0.15, 0.2) is 0 Å². The summed E-state index contributed by atoms with van der Waals surface area (Å²) in [5.74, 6) is 0. The molecule has 1 heterocycles. The molecule has 0 aliphatic heterocycles. The second-order valence-corrected chi connectivity index (χ2v) is 16.5. The maximum atomic E-state index is 7.30. The fourth-order valence-corrected chi connectivity index (χ4v) is 11.5. The standard InChI is InChI=1S/C15H10.C7H10Cl2N2.2ClH.Ru/c1-2-6-12(7-3-1)15-11-10-13-8-4-5-9-14(13)15;1-3-10-5-11(4-2)7(9)6(10)8;;;/h1-9,11H;3-4H2,1-2H3;2*1H;/q;;;;-2/p-2. The maximum absolute atomic E-state index is 7.30. The van der Waals surface area contributed by atoms with E-state index in [1.807, 2.05) is 53.3 Å². The Labute approximate surface area is 190 Å². The van der Waals surface area contributed by atoms with Gasteiger partial charge in [-0.1, -0.05) is 0 Å². The van der Waals surface area contributed by atoms with E-state index in [9.17, 15) is 0 Å². The van der Waals surface area contributed by atoms with Gasteiger partial charge in [0.1, 0.15) is 0 Å². The summed E-state index contributed by atoms with van der Waals surface area (Å²) in [4.78, 5) is 0. The first-order chi connectivity index (χ1) is 13.9. The van der Waals surface area contributed by atoms with E-state index in [1.54, 1.807) is 0 Å². The Morgan fingerprint density at radius 1 is 0.759 bits per heavy atom. The number of rotatable bonds is 3. The number of allylic oxidation sites excluding steroid dienone is 1. The Balaban J connectivity index is 2.23. The molecule has 4 rings (SSSR count). The summed E-state index contributed by atoms with van der Waals surface area (Å²) < 4.78 is 5.72. The van der Waals surface area contributed by atoms with Gasteiger partial charge in [0, 0.05) is 0 Å². The van der Waals surface area contributed by atoms with Crippen LogP contribution in [0.3, 0.4) is 0 Å². The molecule has 2 nitrogen and oxygen atoms in total. The minimum absolute atomic E-state index is 0.483. The van der Waals surface area contributed by atoms with Crippen molar-refractivity contribution in [1.82, 2.24) is 9.13 Å². The van der Waals surface area contributed by atoms with E-state index in [1.165, 1.54) is 0 Å². The first kappa shape index (κ1) is 21.3. The van der Waals surface area contributed by atoms with Crippen LogP contribution in [0, 0.1) is 4.01 Å². The zero-order valence-electron chi connectivity index (χ0n) is 15.9. The number of nitrogens with zero attached hydrogens (tertiary/aromatic N) is 2. The number of fused-ring (bicyclic) bond motifs is 1. The number of aromatic nitrogens is 2. The molecule has 0 N–H and O–H groups in total. The van der Waals surface area contributed by atoms with Crippen molar-refractivity contribution in [1.29, 1.82) is 0 Å². The Bertz CT molecular complexity index is 1250. The predicted octanol–water partition coefficient (Wildman–Crippen LogP) is 7.30. The van der Waals surface area contributed by atoms with Crippen LogP contribution in [0.4, 0.5) is 0 Å². The van der Waals surface area contributed by atoms with Gasteiger partial charge >= 0.3 is 192 Å². The van der Waals surface area contributed by atoms with Crippen LogP contribution in [0.15, 0.2) is 60.7 Å². The van der Waals surface area contributed by atoms with Crippen molar-refractivity contribution in [3.05, 3.63) is 91.7 Å². The molecule has 1 aliphatic rings. The van der Waals surface area contributed by atoms with Crippen LogP contribution in [0.5, 0.6) is 0 Å². The fourth-order valence-electron chi connectivity index (χ4n) is 3.62. The Morgan fingerprint density at radius 2 is 1.28 bits per heavy atom. The van der Waals surface area contributed by atoms with Crippen LogP contribution in [0.25, 0.3) is 5.57 Å². The fraction of sp³-hybridized carbons (Fsp3) is 0.182. The molecule has 1 aromatic heterocycles. The summed E-state index contributed by atoms with van der Waals surface area (Å²) >= 11 is 9.48. The third-order valence-electron chi connectivity index (χ3n) is 4.97. The van der Waals surface area contributed by atoms with Gasteiger partial charge in [-0.2, -0.15) is 0 Å². The topological polar surface area (TPSA) is 9.86 Å². The van der Waals surface area contributed by atoms with Crippen molar-refractivity contribution in [3.63, 3.8) is 0 Å². The molecule has 0 amide bonds. The zero-order valence-corrected chi connectivity index (χ0v) is 20.7. The van der Waals surface area contributed by atoms with Gasteiger partial charge in [0.25, 0.3) is 0 Å². The van der Waals surface area contributed by atoms with E-state index in [0.717, 1.165) is 30.4 Å². The van der Waals surface area contributed by atoms with Crippen molar-refractivity contribution in [2.45, 2.75) is 26.9 Å². The molecule has 2 aromatic carbocycles. The van der Waals surface area contributed by atoms with Gasteiger partial charge in [-0.25, -0.2) is 0 Å². The molecule has 0 radical (unpaired) electrons. The number of halogens is 4. The summed E-state index contributed by atoms with van der Waals surface area (Å²) in [5.41, 5.74) is 4.51. The Morgan fingerprint density at radius 3 is 1.83 bits per heavy atom. The van der Waals surface area contributed by atoms with Crippen molar-refractivity contribution < 1.29 is 11.9 Å². The molecular formula is C22H20Cl4N2Ru-4. The third-order valence-corrected chi connectivity index (χ3v) is 12.8. The van der Waals surface area contributed by atoms with Crippen LogP contribution in [0.1, 0.15) is 30.5 Å². The molecule has 0 fully saturated rings. The van der Waals surface area contributed by atoms with E-state index < -0.39 is 11.9 Å². The van der Waals surface area contributed by atoms with Crippen LogP contribution >= 0.6 is 42.6 Å². The van der Waals surface area contributed by atoms with E-state index in [-0.39, 0.29) is 0 Å². The Hall–Kier alpha value is -0.957. The molecule has 0 bridgehead atoms. The summed E-state index contributed by atoms with van der Waals surface area (Å²) in [7, 11) is 14.6. The Kier molecular flexibility index (Phi) is 6.08. The number of hydrogen-bond donors (Lipinski definition) is 0. The SMILES string of the molecule is CCn1c(Cl)c(Cl)n(CC)[c]1=[Ru-4]([Cl])([Cl])=[C]1C=C(c2ccccc2)c2ccccc21. The second kappa shape index (κ2) is 8.29. The predicted molar refractivity (Wildman–Crippen MR) is 123 cm³/mol. The van der Waals surface area contributed by atoms with Gasteiger partial charge in [0.05, 0.1) is 0 Å². The molecule has 158 valence electrons. The van der Waals surface area contributed by atoms with E-state index >= 15 is 0 Å². The van der Waals surface area contributed by atoms with Gasteiger partial charge < -0.3 is 0 Å². The molecule has 0 unspecified atom stereocenters. The first-order valence-corrected chi connectivity index (χ1v) is 16.2. The molecular weight excluding hydrogens is 535 g/mol. The van der Waals surface area contributed by atoms with Crippen LogP contribution in [0.2, 0.25) is 10.3 Å². The summed E-state index contributed by atoms with van der Waals surface area (Å²) in [6.45, 7) is 5.33. The normalized spacial score (nSPS) is 14.1. The van der Waals surface area contributed by atoms with E-state index in [0.29, 0.717) is 23.4 Å². The quantitative estimate of drug-likeness (QED) is 0.301. The van der Waals surface area contributed by atoms with Crippen molar-refractivity contribution in [3.8, 4) is 0 Å².